The number of hydrogen-bond acceptors (Lipinski definition) is 5. The first-order valence-electron chi connectivity index (χ1n) is 7.91. The fourth-order valence-electron chi connectivity index (χ4n) is 2.37. The molecule has 1 atom stereocenters. The van der Waals surface area contributed by atoms with E-state index in [9.17, 15) is 13.2 Å². The highest BCUT2D eigenvalue weighted by molar-refractivity contribution is 7.92. The lowest BCUT2D eigenvalue weighted by molar-refractivity contribution is -0.127. The third-order valence-corrected chi connectivity index (χ3v) is 4.65. The zero-order valence-corrected chi connectivity index (χ0v) is 15.0. The molecule has 1 heterocycles. The topological polar surface area (TPSA) is 84.9 Å². The fourth-order valence-corrected chi connectivity index (χ4v) is 3.28. The normalized spacial score (nSPS) is 17.3. The number of carbonyl (C=O) groups is 1. The number of fused-ring (bicyclic) bond motifs is 1. The molecule has 0 unspecified atom stereocenters. The van der Waals surface area contributed by atoms with Crippen molar-refractivity contribution in [3.05, 3.63) is 24.3 Å². The van der Waals surface area contributed by atoms with Crippen LogP contribution in [-0.4, -0.2) is 52.5 Å². The van der Waals surface area contributed by atoms with Crippen molar-refractivity contribution in [1.82, 2.24) is 5.32 Å². The summed E-state index contributed by atoms with van der Waals surface area (Å²) in [7, 11) is -3.49. The Labute approximate surface area is 143 Å². The summed E-state index contributed by atoms with van der Waals surface area (Å²) < 4.78 is 36.3. The Morgan fingerprint density at radius 2 is 2.12 bits per heavy atom. The van der Waals surface area contributed by atoms with E-state index in [-0.39, 0.29) is 18.6 Å². The Bertz CT molecular complexity index is 675. The van der Waals surface area contributed by atoms with E-state index in [0.29, 0.717) is 31.0 Å². The highest BCUT2D eigenvalue weighted by Crippen LogP contribution is 2.34. The minimum Gasteiger partial charge on any atom is -0.476 e. The molecule has 7 nitrogen and oxygen atoms in total. The molecule has 0 radical (unpaired) electrons. The first kappa shape index (κ1) is 18.5. The summed E-state index contributed by atoms with van der Waals surface area (Å²) >= 11 is 0. The van der Waals surface area contributed by atoms with Gasteiger partial charge < -0.3 is 14.8 Å². The van der Waals surface area contributed by atoms with Gasteiger partial charge in [0.1, 0.15) is 5.75 Å². The van der Waals surface area contributed by atoms with E-state index in [2.05, 4.69) is 5.32 Å². The van der Waals surface area contributed by atoms with Crippen molar-refractivity contribution in [3.8, 4) is 5.75 Å². The monoisotopic (exact) mass is 356 g/mol. The first-order chi connectivity index (χ1) is 11.3. The summed E-state index contributed by atoms with van der Waals surface area (Å²) in [5.74, 6) is 0.0557. The van der Waals surface area contributed by atoms with Crippen molar-refractivity contribution in [1.29, 1.82) is 0 Å². The SMILES string of the molecule is CC(C)OCCCNC(=O)[C@@H]1CN(S(C)(=O)=O)c2ccccc2O1. The average Bonchev–Trinajstić information content (AvgIpc) is 2.52. The summed E-state index contributed by atoms with van der Waals surface area (Å²) in [6.07, 6.45) is 1.08. The zero-order valence-electron chi connectivity index (χ0n) is 14.2. The molecular formula is C16H24N2O5S. The molecule has 0 saturated carbocycles. The molecule has 0 aliphatic carbocycles. The average molecular weight is 356 g/mol. The van der Waals surface area contributed by atoms with E-state index in [4.69, 9.17) is 9.47 Å². The molecule has 1 aromatic carbocycles. The second kappa shape index (κ2) is 7.85. The van der Waals surface area contributed by atoms with Gasteiger partial charge in [-0.25, -0.2) is 8.42 Å². The van der Waals surface area contributed by atoms with Gasteiger partial charge in [-0.15, -0.1) is 0 Å². The van der Waals surface area contributed by atoms with Gasteiger partial charge in [0.25, 0.3) is 5.91 Å². The molecule has 2 rings (SSSR count). The lowest BCUT2D eigenvalue weighted by atomic mass is 10.2. The molecule has 134 valence electrons. The molecule has 0 bridgehead atoms. The van der Waals surface area contributed by atoms with Gasteiger partial charge in [0.05, 0.1) is 24.6 Å². The molecule has 1 aliphatic heterocycles. The Morgan fingerprint density at radius 3 is 2.79 bits per heavy atom. The second-order valence-corrected chi connectivity index (χ2v) is 7.84. The number of hydrogen-bond donors (Lipinski definition) is 1. The van der Waals surface area contributed by atoms with Crippen molar-refractivity contribution >= 4 is 21.6 Å². The van der Waals surface area contributed by atoms with Crippen LogP contribution in [0.2, 0.25) is 0 Å². The summed E-state index contributed by atoms with van der Waals surface area (Å²) in [5, 5.41) is 2.76. The maximum atomic E-state index is 12.3. The number of ether oxygens (including phenoxy) is 2. The number of nitrogens with one attached hydrogen (secondary N) is 1. The van der Waals surface area contributed by atoms with E-state index in [1.54, 1.807) is 24.3 Å². The zero-order chi connectivity index (χ0) is 17.7. The molecule has 0 fully saturated rings. The van der Waals surface area contributed by atoms with E-state index < -0.39 is 16.1 Å². The quantitative estimate of drug-likeness (QED) is 0.741. The molecule has 1 amide bonds. The number of para-hydroxylation sites is 2. The lowest BCUT2D eigenvalue weighted by Gasteiger charge is -2.33. The third-order valence-electron chi connectivity index (χ3n) is 3.50. The van der Waals surface area contributed by atoms with Gasteiger partial charge in [0, 0.05) is 13.2 Å². The molecule has 0 spiro atoms. The predicted molar refractivity (Wildman–Crippen MR) is 91.8 cm³/mol. The molecule has 1 aromatic rings. The molecule has 24 heavy (non-hydrogen) atoms. The van der Waals surface area contributed by atoms with Crippen LogP contribution in [0.15, 0.2) is 24.3 Å². The van der Waals surface area contributed by atoms with Crippen LogP contribution in [-0.2, 0) is 19.6 Å². The van der Waals surface area contributed by atoms with Crippen LogP contribution in [0.25, 0.3) is 0 Å². The Morgan fingerprint density at radius 1 is 1.42 bits per heavy atom. The standard InChI is InChI=1S/C16H24N2O5S/c1-12(2)22-10-6-9-17-16(19)15-11-18(24(3,20)21)13-7-4-5-8-14(13)23-15/h4-5,7-8,12,15H,6,9-11H2,1-3H3,(H,17,19)/t15-/m0/s1. The van der Waals surface area contributed by atoms with Crippen LogP contribution in [0.4, 0.5) is 5.69 Å². The molecule has 1 N–H and O–H groups in total. The van der Waals surface area contributed by atoms with Gasteiger partial charge in [-0.2, -0.15) is 0 Å². The van der Waals surface area contributed by atoms with Crippen LogP contribution in [0.3, 0.4) is 0 Å². The summed E-state index contributed by atoms with van der Waals surface area (Å²) in [6, 6.07) is 6.79. The van der Waals surface area contributed by atoms with Crippen molar-refractivity contribution < 1.29 is 22.7 Å². The highest BCUT2D eigenvalue weighted by Gasteiger charge is 2.34. The lowest BCUT2D eigenvalue weighted by Crippen LogP contribution is -2.50. The highest BCUT2D eigenvalue weighted by atomic mass is 32.2. The summed E-state index contributed by atoms with van der Waals surface area (Å²) in [6.45, 7) is 4.87. The van der Waals surface area contributed by atoms with Gasteiger partial charge in [0.15, 0.2) is 6.10 Å². The molecule has 0 aromatic heterocycles. The van der Waals surface area contributed by atoms with E-state index in [0.717, 1.165) is 6.26 Å². The Kier molecular flexibility index (Phi) is 6.06. The van der Waals surface area contributed by atoms with Crippen LogP contribution >= 0.6 is 0 Å². The molecule has 1 aliphatic rings. The van der Waals surface area contributed by atoms with E-state index in [1.165, 1.54) is 4.31 Å². The predicted octanol–water partition coefficient (Wildman–Crippen LogP) is 1.14. The molecular weight excluding hydrogens is 332 g/mol. The second-order valence-electron chi connectivity index (χ2n) is 5.93. The number of carbonyl (C=O) groups excluding carboxylic acids is 1. The van der Waals surface area contributed by atoms with Gasteiger partial charge in [-0.3, -0.25) is 9.10 Å². The minimum absolute atomic E-state index is 0.0375. The smallest absolute Gasteiger partial charge is 0.263 e. The van der Waals surface area contributed by atoms with Crippen molar-refractivity contribution in [2.24, 2.45) is 0 Å². The summed E-state index contributed by atoms with van der Waals surface area (Å²) in [4.78, 5) is 12.3. The number of benzene rings is 1. The Balaban J connectivity index is 1.98. The molecule has 8 heteroatoms. The van der Waals surface area contributed by atoms with Crippen molar-refractivity contribution in [3.63, 3.8) is 0 Å². The van der Waals surface area contributed by atoms with Crippen LogP contribution in [0.1, 0.15) is 20.3 Å². The van der Waals surface area contributed by atoms with Gasteiger partial charge in [0.2, 0.25) is 10.0 Å². The minimum atomic E-state index is -3.49. The summed E-state index contributed by atoms with van der Waals surface area (Å²) in [5.41, 5.74) is 0.453. The van der Waals surface area contributed by atoms with Crippen LogP contribution < -0.4 is 14.4 Å². The fraction of sp³-hybridized carbons (Fsp3) is 0.562. The van der Waals surface area contributed by atoms with Gasteiger partial charge in [-0.05, 0) is 32.4 Å². The van der Waals surface area contributed by atoms with E-state index in [1.807, 2.05) is 13.8 Å². The number of anilines is 1. The number of amides is 1. The van der Waals surface area contributed by atoms with Crippen molar-refractivity contribution in [2.45, 2.75) is 32.5 Å². The first-order valence-corrected chi connectivity index (χ1v) is 9.76. The van der Waals surface area contributed by atoms with Crippen molar-refractivity contribution in [2.75, 3.05) is 30.3 Å². The third kappa shape index (κ3) is 4.85. The molecule has 0 saturated heterocycles. The maximum Gasteiger partial charge on any atom is 0.263 e. The van der Waals surface area contributed by atoms with Gasteiger partial charge in [-0.1, -0.05) is 12.1 Å². The maximum absolute atomic E-state index is 12.3. The van der Waals surface area contributed by atoms with E-state index >= 15 is 0 Å². The Hall–Kier alpha value is -1.80. The number of rotatable bonds is 7. The number of nitrogens with zero attached hydrogens (tertiary/aromatic N) is 1. The number of sulfonamides is 1. The van der Waals surface area contributed by atoms with Gasteiger partial charge >= 0.3 is 0 Å². The largest absolute Gasteiger partial charge is 0.476 e. The van der Waals surface area contributed by atoms with Crippen LogP contribution in [0.5, 0.6) is 5.75 Å². The van der Waals surface area contributed by atoms with Crippen LogP contribution in [0, 0.1) is 0 Å².